The molecule has 5 nitrogen and oxygen atoms in total. The van der Waals surface area contributed by atoms with Crippen molar-refractivity contribution in [1.82, 2.24) is 4.98 Å². The Morgan fingerprint density at radius 3 is 3.00 bits per heavy atom. The Morgan fingerprint density at radius 2 is 2.40 bits per heavy atom. The average molecular weight is 231 g/mol. The normalized spacial score (nSPS) is 9.80. The molecular formula is C9H11ClN2O3. The number of hydrogen-bond donors (Lipinski definition) is 1. The summed E-state index contributed by atoms with van der Waals surface area (Å²) in [6.45, 7) is 0.736. The molecule has 6 heteroatoms. The van der Waals surface area contributed by atoms with Crippen molar-refractivity contribution in [3.8, 4) is 5.75 Å². The summed E-state index contributed by atoms with van der Waals surface area (Å²) in [5, 5.41) is 0.0851. The molecule has 0 radical (unpaired) electrons. The summed E-state index contributed by atoms with van der Waals surface area (Å²) >= 11 is 5.71. The first-order chi connectivity index (χ1) is 7.19. The summed E-state index contributed by atoms with van der Waals surface area (Å²) < 4.78 is 9.72. The highest BCUT2D eigenvalue weighted by molar-refractivity contribution is 6.32. The predicted octanol–water partition coefficient (Wildman–Crippen LogP) is 0.859. The molecule has 1 aromatic heterocycles. The highest BCUT2D eigenvalue weighted by Crippen LogP contribution is 2.19. The van der Waals surface area contributed by atoms with E-state index in [9.17, 15) is 4.79 Å². The zero-order chi connectivity index (χ0) is 11.3. The number of rotatable bonds is 4. The van der Waals surface area contributed by atoms with Crippen LogP contribution in [0.2, 0.25) is 5.15 Å². The molecule has 0 bridgehead atoms. The van der Waals surface area contributed by atoms with Gasteiger partial charge in [0.05, 0.1) is 13.3 Å². The maximum atomic E-state index is 11.2. The number of hydrogen-bond acceptors (Lipinski definition) is 5. The van der Waals surface area contributed by atoms with Gasteiger partial charge in [-0.2, -0.15) is 0 Å². The number of pyridine rings is 1. The SMILES string of the molecule is COC(=O)c1cc(OCCN)cnc1Cl. The third-order valence-corrected chi connectivity index (χ3v) is 1.91. The third kappa shape index (κ3) is 3.07. The molecule has 82 valence electrons. The zero-order valence-electron chi connectivity index (χ0n) is 8.20. The molecule has 0 saturated heterocycles. The minimum atomic E-state index is -0.550. The molecule has 0 unspecified atom stereocenters. The fraction of sp³-hybridized carbons (Fsp3) is 0.333. The molecular weight excluding hydrogens is 220 g/mol. The van der Waals surface area contributed by atoms with Gasteiger partial charge in [0.2, 0.25) is 0 Å². The van der Waals surface area contributed by atoms with Gasteiger partial charge in [-0.1, -0.05) is 11.6 Å². The van der Waals surface area contributed by atoms with Crippen LogP contribution in [0.3, 0.4) is 0 Å². The highest BCUT2D eigenvalue weighted by atomic mass is 35.5. The first kappa shape index (κ1) is 11.7. The fourth-order valence-electron chi connectivity index (χ4n) is 0.938. The molecule has 0 spiro atoms. The van der Waals surface area contributed by atoms with Crippen LogP contribution < -0.4 is 10.5 Å². The molecule has 2 N–H and O–H groups in total. The minimum absolute atomic E-state index is 0.0851. The molecule has 0 aliphatic carbocycles. The van der Waals surface area contributed by atoms with Crippen molar-refractivity contribution in [2.24, 2.45) is 5.73 Å². The zero-order valence-corrected chi connectivity index (χ0v) is 8.95. The van der Waals surface area contributed by atoms with Gasteiger partial charge in [0.25, 0.3) is 0 Å². The van der Waals surface area contributed by atoms with Gasteiger partial charge in [-0.05, 0) is 6.07 Å². The van der Waals surface area contributed by atoms with Crippen molar-refractivity contribution >= 4 is 17.6 Å². The van der Waals surface area contributed by atoms with E-state index in [2.05, 4.69) is 9.72 Å². The number of esters is 1. The van der Waals surface area contributed by atoms with E-state index >= 15 is 0 Å². The van der Waals surface area contributed by atoms with E-state index in [0.717, 1.165) is 0 Å². The lowest BCUT2D eigenvalue weighted by atomic mass is 10.3. The molecule has 0 aliphatic rings. The molecule has 15 heavy (non-hydrogen) atoms. The van der Waals surface area contributed by atoms with Crippen LogP contribution in [-0.4, -0.2) is 31.2 Å². The summed E-state index contributed by atoms with van der Waals surface area (Å²) in [7, 11) is 1.27. The lowest BCUT2D eigenvalue weighted by Crippen LogP contribution is -2.11. The smallest absolute Gasteiger partial charge is 0.341 e. The van der Waals surface area contributed by atoms with Crippen molar-refractivity contribution in [2.45, 2.75) is 0 Å². The standard InChI is InChI=1S/C9H11ClN2O3/c1-14-9(13)7-4-6(15-3-2-11)5-12-8(7)10/h4-5H,2-3,11H2,1H3. The van der Waals surface area contributed by atoms with E-state index in [1.165, 1.54) is 19.4 Å². The number of ether oxygens (including phenoxy) is 2. The number of nitrogens with zero attached hydrogens (tertiary/aromatic N) is 1. The highest BCUT2D eigenvalue weighted by Gasteiger charge is 2.12. The lowest BCUT2D eigenvalue weighted by Gasteiger charge is -2.06. The van der Waals surface area contributed by atoms with E-state index in [1.54, 1.807) is 0 Å². The maximum Gasteiger partial charge on any atom is 0.341 e. The summed E-state index contributed by atoms with van der Waals surface area (Å²) in [5.74, 6) is -0.115. The maximum absolute atomic E-state index is 11.2. The summed E-state index contributed by atoms with van der Waals surface area (Å²) in [4.78, 5) is 15.0. The van der Waals surface area contributed by atoms with Crippen LogP contribution in [0.15, 0.2) is 12.3 Å². The molecule has 0 aliphatic heterocycles. The molecule has 0 atom stereocenters. The van der Waals surface area contributed by atoms with E-state index < -0.39 is 5.97 Å². The first-order valence-corrected chi connectivity index (χ1v) is 4.63. The molecule has 0 aromatic carbocycles. The third-order valence-electron chi connectivity index (χ3n) is 1.61. The van der Waals surface area contributed by atoms with Gasteiger partial charge in [-0.15, -0.1) is 0 Å². The topological polar surface area (TPSA) is 74.4 Å². The van der Waals surface area contributed by atoms with Crippen molar-refractivity contribution in [2.75, 3.05) is 20.3 Å². The Morgan fingerprint density at radius 1 is 1.67 bits per heavy atom. The second-order valence-electron chi connectivity index (χ2n) is 2.64. The number of aromatic nitrogens is 1. The Hall–Kier alpha value is -1.33. The van der Waals surface area contributed by atoms with Gasteiger partial charge in [-0.25, -0.2) is 9.78 Å². The molecule has 1 heterocycles. The fourth-order valence-corrected chi connectivity index (χ4v) is 1.12. The average Bonchev–Trinajstić information content (AvgIpc) is 2.27. The van der Waals surface area contributed by atoms with Crippen LogP contribution in [-0.2, 0) is 4.74 Å². The number of carbonyl (C=O) groups is 1. The molecule has 0 fully saturated rings. The number of methoxy groups -OCH3 is 1. The van der Waals surface area contributed by atoms with Crippen LogP contribution in [0.25, 0.3) is 0 Å². The molecule has 0 amide bonds. The first-order valence-electron chi connectivity index (χ1n) is 4.25. The second-order valence-corrected chi connectivity index (χ2v) is 3.00. The summed E-state index contributed by atoms with van der Waals surface area (Å²) in [6, 6.07) is 1.47. The van der Waals surface area contributed by atoms with E-state index in [1.807, 2.05) is 0 Å². The summed E-state index contributed by atoms with van der Waals surface area (Å²) in [5.41, 5.74) is 5.44. The van der Waals surface area contributed by atoms with Crippen molar-refractivity contribution in [1.29, 1.82) is 0 Å². The second kappa shape index (κ2) is 5.53. The van der Waals surface area contributed by atoms with Gasteiger partial charge < -0.3 is 15.2 Å². The van der Waals surface area contributed by atoms with Crippen molar-refractivity contribution < 1.29 is 14.3 Å². The van der Waals surface area contributed by atoms with E-state index in [-0.39, 0.29) is 10.7 Å². The quantitative estimate of drug-likeness (QED) is 0.613. The van der Waals surface area contributed by atoms with Crippen LogP contribution in [0.1, 0.15) is 10.4 Å². The van der Waals surface area contributed by atoms with Gasteiger partial charge in [0, 0.05) is 6.54 Å². The Kier molecular flexibility index (Phi) is 4.33. The Labute approximate surface area is 92.1 Å². The Bertz CT molecular complexity index is 357. The number of halogens is 1. The van der Waals surface area contributed by atoms with E-state index in [4.69, 9.17) is 22.1 Å². The largest absolute Gasteiger partial charge is 0.491 e. The van der Waals surface area contributed by atoms with Gasteiger partial charge in [0.1, 0.15) is 23.1 Å². The minimum Gasteiger partial charge on any atom is -0.491 e. The van der Waals surface area contributed by atoms with Gasteiger partial charge in [-0.3, -0.25) is 0 Å². The molecule has 0 saturated carbocycles. The number of nitrogens with two attached hydrogens (primary N) is 1. The van der Waals surface area contributed by atoms with Gasteiger partial charge >= 0.3 is 5.97 Å². The molecule has 1 rings (SSSR count). The monoisotopic (exact) mass is 230 g/mol. The van der Waals surface area contributed by atoms with Crippen LogP contribution in [0, 0.1) is 0 Å². The van der Waals surface area contributed by atoms with E-state index in [0.29, 0.717) is 18.9 Å². The molecule has 1 aromatic rings. The van der Waals surface area contributed by atoms with Crippen molar-refractivity contribution in [3.05, 3.63) is 23.0 Å². The van der Waals surface area contributed by atoms with Crippen LogP contribution in [0.4, 0.5) is 0 Å². The number of carbonyl (C=O) groups excluding carboxylic acids is 1. The van der Waals surface area contributed by atoms with Crippen LogP contribution >= 0.6 is 11.6 Å². The lowest BCUT2D eigenvalue weighted by molar-refractivity contribution is 0.0600. The summed E-state index contributed by atoms with van der Waals surface area (Å²) in [6.07, 6.45) is 1.42. The predicted molar refractivity (Wildman–Crippen MR) is 55.1 cm³/mol. The van der Waals surface area contributed by atoms with Crippen LogP contribution in [0.5, 0.6) is 5.75 Å². The Balaban J connectivity index is 2.89. The van der Waals surface area contributed by atoms with Crippen molar-refractivity contribution in [3.63, 3.8) is 0 Å². The van der Waals surface area contributed by atoms with Gasteiger partial charge in [0.15, 0.2) is 0 Å².